The van der Waals surface area contributed by atoms with Crippen LogP contribution in [-0.4, -0.2) is 50.7 Å². The molecule has 3 heteroatoms. The van der Waals surface area contributed by atoms with E-state index in [2.05, 4.69) is 15.5 Å². The van der Waals surface area contributed by atoms with E-state index in [1.807, 2.05) is 27.7 Å². The first-order chi connectivity index (χ1) is 9.36. The fourth-order valence-corrected chi connectivity index (χ4v) is 3.53. The van der Waals surface area contributed by atoms with E-state index in [1.54, 1.807) is 0 Å². The van der Waals surface area contributed by atoms with Gasteiger partial charge in [-0.3, -0.25) is 0 Å². The first-order valence-corrected chi connectivity index (χ1v) is 8.50. The molecule has 3 heterocycles. The van der Waals surface area contributed by atoms with Gasteiger partial charge in [0.1, 0.15) is 0 Å². The molecular formula is C16H35N3. The molecule has 0 unspecified atom stereocenters. The quantitative estimate of drug-likeness (QED) is 0.806. The summed E-state index contributed by atoms with van der Waals surface area (Å²) in [6.45, 7) is 17.1. The van der Waals surface area contributed by atoms with Gasteiger partial charge in [-0.25, -0.2) is 0 Å². The van der Waals surface area contributed by atoms with Crippen molar-refractivity contribution in [3.05, 3.63) is 0 Å². The van der Waals surface area contributed by atoms with Gasteiger partial charge in [-0.15, -0.1) is 0 Å². The molecule has 0 aromatic carbocycles. The second-order valence-electron chi connectivity index (χ2n) is 5.79. The minimum absolute atomic E-state index is 0.687. The third-order valence-corrected chi connectivity index (χ3v) is 4.43. The molecule has 114 valence electrons. The first kappa shape index (κ1) is 16.9. The van der Waals surface area contributed by atoms with Crippen molar-refractivity contribution in [1.82, 2.24) is 15.5 Å². The van der Waals surface area contributed by atoms with Gasteiger partial charge in [0.05, 0.1) is 0 Å². The van der Waals surface area contributed by atoms with Gasteiger partial charge in [0, 0.05) is 31.6 Å². The summed E-state index contributed by atoms with van der Waals surface area (Å²) in [7, 11) is 0. The molecule has 0 bridgehead atoms. The minimum Gasteiger partial charge on any atom is -0.317 e. The summed E-state index contributed by atoms with van der Waals surface area (Å²) in [4.78, 5) is 2.68. The molecule has 0 atom stereocenters. The maximum Gasteiger partial charge on any atom is 0.00943 e. The van der Waals surface area contributed by atoms with Crippen LogP contribution in [0.3, 0.4) is 0 Å². The molecule has 3 rings (SSSR count). The summed E-state index contributed by atoms with van der Waals surface area (Å²) in [6.07, 6.45) is 4.19. The lowest BCUT2D eigenvalue weighted by molar-refractivity contribution is 0.00192. The van der Waals surface area contributed by atoms with Crippen LogP contribution in [-0.2, 0) is 0 Å². The number of nitrogens with zero attached hydrogens (tertiary/aromatic N) is 1. The lowest BCUT2D eigenvalue weighted by Gasteiger charge is -2.49. The van der Waals surface area contributed by atoms with Crippen LogP contribution in [0.5, 0.6) is 0 Å². The normalized spacial score (nSPS) is 25.9. The maximum atomic E-state index is 3.50. The molecule has 19 heavy (non-hydrogen) atoms. The molecule has 1 spiro atoms. The van der Waals surface area contributed by atoms with E-state index in [4.69, 9.17) is 0 Å². The van der Waals surface area contributed by atoms with Crippen LogP contribution in [0, 0.1) is 11.3 Å². The Morgan fingerprint density at radius 2 is 1.58 bits per heavy atom. The zero-order chi connectivity index (χ0) is 14.1. The van der Waals surface area contributed by atoms with E-state index in [-0.39, 0.29) is 0 Å². The molecule has 3 saturated heterocycles. The number of rotatable bonds is 2. The monoisotopic (exact) mass is 269 g/mol. The molecule has 3 aliphatic heterocycles. The van der Waals surface area contributed by atoms with Crippen LogP contribution in [0.2, 0.25) is 0 Å². The predicted molar refractivity (Wildman–Crippen MR) is 84.6 cm³/mol. The average molecular weight is 269 g/mol. The van der Waals surface area contributed by atoms with Gasteiger partial charge in [0.2, 0.25) is 0 Å². The summed E-state index contributed by atoms with van der Waals surface area (Å²) < 4.78 is 0. The van der Waals surface area contributed by atoms with Crippen molar-refractivity contribution in [3.8, 4) is 0 Å². The summed E-state index contributed by atoms with van der Waals surface area (Å²) in [5, 5.41) is 6.95. The lowest BCUT2D eigenvalue weighted by Crippen LogP contribution is -2.58. The van der Waals surface area contributed by atoms with Gasteiger partial charge in [0.15, 0.2) is 0 Å². The maximum absolute atomic E-state index is 3.50. The molecule has 0 aromatic heterocycles. The van der Waals surface area contributed by atoms with Crippen molar-refractivity contribution in [1.29, 1.82) is 0 Å². The van der Waals surface area contributed by atoms with E-state index in [9.17, 15) is 0 Å². The summed E-state index contributed by atoms with van der Waals surface area (Å²) in [5.41, 5.74) is 0.687. The first-order valence-electron chi connectivity index (χ1n) is 8.50. The van der Waals surface area contributed by atoms with Gasteiger partial charge >= 0.3 is 0 Å². The molecule has 0 radical (unpaired) electrons. The van der Waals surface area contributed by atoms with Gasteiger partial charge in [-0.1, -0.05) is 27.7 Å². The van der Waals surface area contributed by atoms with E-state index in [1.165, 1.54) is 65.1 Å². The van der Waals surface area contributed by atoms with E-state index >= 15 is 0 Å². The lowest BCUT2D eigenvalue weighted by atomic mass is 9.78. The number of hydrogen-bond donors (Lipinski definition) is 2. The Labute approximate surface area is 120 Å². The molecule has 2 N–H and O–H groups in total. The highest BCUT2D eigenvalue weighted by molar-refractivity contribution is 5.00. The Morgan fingerprint density at radius 3 is 2.11 bits per heavy atom. The highest BCUT2D eigenvalue weighted by atomic mass is 15.2. The third-order valence-electron chi connectivity index (χ3n) is 4.43. The second kappa shape index (κ2) is 8.93. The molecule has 3 aliphatic rings. The topological polar surface area (TPSA) is 27.3 Å². The third kappa shape index (κ3) is 4.73. The van der Waals surface area contributed by atoms with Crippen LogP contribution in [0.15, 0.2) is 0 Å². The highest BCUT2D eigenvalue weighted by Gasteiger charge is 2.44. The fraction of sp³-hybridized carbons (Fsp3) is 1.00. The summed E-state index contributed by atoms with van der Waals surface area (Å²) >= 11 is 0. The van der Waals surface area contributed by atoms with Gasteiger partial charge in [0.25, 0.3) is 0 Å². The Morgan fingerprint density at radius 1 is 0.947 bits per heavy atom. The van der Waals surface area contributed by atoms with E-state index < -0.39 is 0 Å². The van der Waals surface area contributed by atoms with Crippen LogP contribution in [0.25, 0.3) is 0 Å². The number of hydrogen-bond acceptors (Lipinski definition) is 3. The second-order valence-corrected chi connectivity index (χ2v) is 5.79. The average Bonchev–Trinajstić information content (AvgIpc) is 2.94. The Bertz CT molecular complexity index is 210. The van der Waals surface area contributed by atoms with Crippen LogP contribution in [0.1, 0.15) is 47.0 Å². The number of nitrogens with one attached hydrogen (secondary N) is 2. The van der Waals surface area contributed by atoms with Gasteiger partial charge < -0.3 is 15.5 Å². The van der Waals surface area contributed by atoms with E-state index in [0.29, 0.717) is 5.41 Å². The van der Waals surface area contributed by atoms with Crippen molar-refractivity contribution in [2.45, 2.75) is 47.0 Å². The minimum atomic E-state index is 0.687. The Balaban J connectivity index is 0.000000415. The number of likely N-dealkylation sites (tertiary alicyclic amines) is 1. The Hall–Kier alpha value is -0.120. The zero-order valence-electron chi connectivity index (χ0n) is 13.6. The zero-order valence-corrected chi connectivity index (χ0v) is 13.6. The molecule has 0 aliphatic carbocycles. The SMILES string of the molecule is C1CC(CN2CC3(CCNC3)C2)CCN1.CC.CC. The summed E-state index contributed by atoms with van der Waals surface area (Å²) in [5.74, 6) is 0.970. The molecule has 3 fully saturated rings. The molecule has 0 saturated carbocycles. The summed E-state index contributed by atoms with van der Waals surface area (Å²) in [6, 6.07) is 0. The van der Waals surface area contributed by atoms with Crippen LogP contribution in [0.4, 0.5) is 0 Å². The molecule has 3 nitrogen and oxygen atoms in total. The largest absolute Gasteiger partial charge is 0.317 e. The van der Waals surface area contributed by atoms with Gasteiger partial charge in [-0.2, -0.15) is 0 Å². The smallest absolute Gasteiger partial charge is 0.00943 e. The van der Waals surface area contributed by atoms with Crippen LogP contribution >= 0.6 is 0 Å². The van der Waals surface area contributed by atoms with Crippen molar-refractivity contribution in [2.24, 2.45) is 11.3 Å². The molecule has 0 aromatic rings. The molecule has 0 amide bonds. The highest BCUT2D eigenvalue weighted by Crippen LogP contribution is 2.36. The van der Waals surface area contributed by atoms with Crippen LogP contribution < -0.4 is 10.6 Å². The van der Waals surface area contributed by atoms with Crippen molar-refractivity contribution in [3.63, 3.8) is 0 Å². The fourth-order valence-electron chi connectivity index (χ4n) is 3.53. The standard InChI is InChI=1S/C12H23N3.2C2H6/c1-4-13-5-2-11(1)7-15-9-12(10-15)3-6-14-8-12;2*1-2/h11,13-14H,1-10H2;2*1-2H3. The molecular weight excluding hydrogens is 234 g/mol. The van der Waals surface area contributed by atoms with E-state index in [0.717, 1.165) is 5.92 Å². The van der Waals surface area contributed by atoms with Crippen molar-refractivity contribution in [2.75, 3.05) is 45.8 Å². The number of piperidine rings is 1. The van der Waals surface area contributed by atoms with Gasteiger partial charge in [-0.05, 0) is 44.8 Å². The predicted octanol–water partition coefficient (Wildman–Crippen LogP) is 2.33. The van der Waals surface area contributed by atoms with Crippen molar-refractivity contribution >= 4 is 0 Å². The Kier molecular flexibility index (Phi) is 7.96. The van der Waals surface area contributed by atoms with Crippen molar-refractivity contribution < 1.29 is 0 Å².